The highest BCUT2D eigenvalue weighted by molar-refractivity contribution is 5.93. The molecule has 0 aliphatic heterocycles. The van der Waals surface area contributed by atoms with Crippen LogP contribution in [0.1, 0.15) is 164 Å². The molecule has 5 unspecified atom stereocenters. The van der Waals surface area contributed by atoms with Crippen molar-refractivity contribution in [3.63, 3.8) is 0 Å². The van der Waals surface area contributed by atoms with Crippen molar-refractivity contribution in [3.8, 4) is 84.4 Å². The zero-order valence-electron chi connectivity index (χ0n) is 75.7. The van der Waals surface area contributed by atoms with Crippen molar-refractivity contribution in [3.05, 3.63) is 390 Å². The Hall–Kier alpha value is -15.8. The van der Waals surface area contributed by atoms with E-state index in [9.17, 15) is 56.7 Å². The number of hydrogen-bond acceptors (Lipinski definition) is 20. The molecule has 5 atom stereocenters. The van der Waals surface area contributed by atoms with Crippen LogP contribution < -0.4 is 23.7 Å². The zero-order valence-corrected chi connectivity index (χ0v) is 75.7. The Morgan fingerprint density at radius 3 is 0.910 bits per heavy atom. The molecule has 0 spiro atoms. The third-order valence-electron chi connectivity index (χ3n) is 22.4. The molecule has 15 rings (SSSR count). The molecule has 5 aliphatic rings. The molecule has 20 nitrogen and oxygen atoms in total. The fourth-order valence-corrected chi connectivity index (χ4v) is 16.1. The number of hydrogen-bond donors (Lipinski definition) is 0. The molecule has 0 radical (unpaired) electrons. The SMILES string of the molecule is C=CC(=O)OC1CCc2c(-c3cc(C)cc(OC(=O)C(=C)C)c3)cccc21.C=CC(=O)OC1CCc2c(-c3cc(F)cc(OC(=O)C(=C)C)c3)cccc21.C=CC(=O)OC1CCc2c(-c3cc(OC(=O)C(=C)C)ccc3C)cccc21.C=CC(=O)OC1CCc2c(-c3cc(OC(=O)C(=C)C)ccc3F)cccc21.C=CC(=O)OC1CCc2c(-c3cccc(OC(=O)C(=C)C)c3)cccc21. The van der Waals surface area contributed by atoms with E-state index < -0.39 is 71.3 Å². The molecule has 0 saturated carbocycles. The number of carbonyl (C=O) groups is 10. The lowest BCUT2D eigenvalue weighted by atomic mass is 9.93. The van der Waals surface area contributed by atoms with Crippen LogP contribution in [0.3, 0.4) is 0 Å². The van der Waals surface area contributed by atoms with Gasteiger partial charge in [-0.05, 0) is 296 Å². The molecule has 0 aromatic heterocycles. The molecule has 0 saturated heterocycles. The van der Waals surface area contributed by atoms with Gasteiger partial charge in [-0.1, -0.05) is 181 Å². The van der Waals surface area contributed by atoms with Crippen molar-refractivity contribution in [2.75, 3.05) is 0 Å². The molecule has 0 bridgehead atoms. The Bertz CT molecular complexity index is 6140. The molecule has 0 amide bonds. The van der Waals surface area contributed by atoms with Gasteiger partial charge in [-0.3, -0.25) is 0 Å². The van der Waals surface area contributed by atoms with Gasteiger partial charge in [0.05, 0.1) is 0 Å². The van der Waals surface area contributed by atoms with E-state index in [1.807, 2.05) is 135 Å². The number of ether oxygens (including phenoxy) is 10. The van der Waals surface area contributed by atoms with Gasteiger partial charge < -0.3 is 47.4 Å². The van der Waals surface area contributed by atoms with Crippen molar-refractivity contribution in [1.29, 1.82) is 0 Å². The maximum atomic E-state index is 14.5. The summed E-state index contributed by atoms with van der Waals surface area (Å²) in [7, 11) is 0. The van der Waals surface area contributed by atoms with Crippen LogP contribution in [0, 0.1) is 25.5 Å². The summed E-state index contributed by atoms with van der Waals surface area (Å²) in [6.07, 6.45) is 11.6. The molecule has 5 aliphatic carbocycles. The van der Waals surface area contributed by atoms with E-state index in [-0.39, 0.29) is 53.2 Å². The molecule has 0 heterocycles. The van der Waals surface area contributed by atoms with E-state index >= 15 is 0 Å². The lowest BCUT2D eigenvalue weighted by Gasteiger charge is -2.15. The summed E-state index contributed by atoms with van der Waals surface area (Å²) in [5, 5.41) is 0. The van der Waals surface area contributed by atoms with E-state index in [2.05, 4.69) is 71.9 Å². The summed E-state index contributed by atoms with van der Waals surface area (Å²) < 4.78 is 82.3. The lowest BCUT2D eigenvalue weighted by molar-refractivity contribution is -0.144. The molecule has 10 aromatic rings. The van der Waals surface area contributed by atoms with Crippen LogP contribution in [0.4, 0.5) is 8.78 Å². The Morgan fingerprint density at radius 2 is 0.560 bits per heavy atom. The quantitative estimate of drug-likeness (QED) is 0.0223. The number of fused-ring (bicyclic) bond motifs is 5. The van der Waals surface area contributed by atoms with E-state index in [1.165, 1.54) is 49.4 Å². The number of rotatable bonds is 25. The summed E-state index contributed by atoms with van der Waals surface area (Å²) in [4.78, 5) is 117. The van der Waals surface area contributed by atoms with Gasteiger partial charge in [0.2, 0.25) is 0 Å². The second-order valence-electron chi connectivity index (χ2n) is 32.4. The molecule has 10 aromatic carbocycles. The van der Waals surface area contributed by atoms with E-state index in [0.29, 0.717) is 76.3 Å². The molecule has 0 N–H and O–H groups in total. The molecule has 684 valence electrons. The number of carbonyl (C=O) groups excluding carboxylic acids is 10. The standard InChI is InChI=1S/2C23H22O4.2C22H19FO4.C22H20O4/c1-5-22(24)27-21-10-9-19-18(7-6-8-20(19)21)16-11-15(4)12-17(13-16)26-23(25)14(2)3;1-5-22(24)27-21-12-11-18-17(7-6-8-19(18)21)20-13-16(10-9-15(20)4)26-23(25)14(2)3;1-4-21(24)27-20-11-9-16-15(6-5-7-17(16)20)18-12-14(8-10-19(18)23)26-22(25)13(2)3;1-4-21(24)27-20-9-8-18-17(6-5-7-19(18)20)14-10-15(23)12-16(11-14)26-22(25)13(2)3;1-4-21(23)26-20-12-11-18-17(9-6-10-19(18)20)15-7-5-8-16(13-15)25-22(24)14(2)3/h5-8,11-13,21H,1-2,9-10H2,3-4H3;5-10,13,21H,1-2,11-12H2,3-4H3;4-8,10,12,20H,1-2,9,11H2,3H3;4-7,10-12,20H,1-2,8-9H2,3H3;4-10,13,20H,1-2,11-12H2,3H3. The van der Waals surface area contributed by atoms with E-state index in [0.717, 1.165) is 162 Å². The second-order valence-corrected chi connectivity index (χ2v) is 32.4. The number of benzene rings is 10. The van der Waals surface area contributed by atoms with Gasteiger partial charge in [-0.2, -0.15) is 0 Å². The van der Waals surface area contributed by atoms with Crippen molar-refractivity contribution in [2.24, 2.45) is 0 Å². The first-order valence-electron chi connectivity index (χ1n) is 43.1. The van der Waals surface area contributed by atoms with Gasteiger partial charge in [-0.15, -0.1) is 0 Å². The van der Waals surface area contributed by atoms with Gasteiger partial charge in [0.15, 0.2) is 0 Å². The fourth-order valence-electron chi connectivity index (χ4n) is 16.1. The monoisotopic (exact) mass is 1800 g/mol. The third-order valence-corrected chi connectivity index (χ3v) is 22.4. The maximum absolute atomic E-state index is 14.5. The van der Waals surface area contributed by atoms with Gasteiger partial charge >= 0.3 is 59.7 Å². The van der Waals surface area contributed by atoms with Crippen LogP contribution in [0.5, 0.6) is 28.7 Å². The smallest absolute Gasteiger partial charge is 0.338 e. The zero-order chi connectivity index (χ0) is 96.9. The Balaban J connectivity index is 0.000000161. The molecule has 134 heavy (non-hydrogen) atoms. The van der Waals surface area contributed by atoms with Crippen molar-refractivity contribution < 1.29 is 104 Å². The minimum Gasteiger partial charge on any atom is -0.454 e. The predicted octanol–water partition coefficient (Wildman–Crippen LogP) is 23.7. The first-order valence-corrected chi connectivity index (χ1v) is 43.1. The van der Waals surface area contributed by atoms with Gasteiger partial charge in [0.25, 0.3) is 0 Å². The third kappa shape index (κ3) is 24.8. The maximum Gasteiger partial charge on any atom is 0.338 e. The highest BCUT2D eigenvalue weighted by Crippen LogP contribution is 2.47. The molecular weight excluding hydrogens is 1700 g/mol. The molecule has 22 heteroatoms. The molecule has 0 fully saturated rings. The average molecular weight is 1810 g/mol. The van der Waals surface area contributed by atoms with Crippen LogP contribution in [0.15, 0.2) is 312 Å². The summed E-state index contributed by atoms with van der Waals surface area (Å²) in [5.74, 6) is -3.86. The summed E-state index contributed by atoms with van der Waals surface area (Å²) >= 11 is 0. The van der Waals surface area contributed by atoms with Gasteiger partial charge in [0, 0.05) is 69.9 Å². The summed E-state index contributed by atoms with van der Waals surface area (Å²) in [5.41, 5.74) is 22.3. The van der Waals surface area contributed by atoms with E-state index in [1.54, 1.807) is 58.0 Å². The first-order chi connectivity index (χ1) is 64.1. The summed E-state index contributed by atoms with van der Waals surface area (Å²) in [6.45, 7) is 47.0. The Morgan fingerprint density at radius 1 is 0.284 bits per heavy atom. The van der Waals surface area contributed by atoms with E-state index in [4.69, 9.17) is 47.4 Å². The van der Waals surface area contributed by atoms with Crippen LogP contribution in [0.2, 0.25) is 0 Å². The highest BCUT2D eigenvalue weighted by atomic mass is 19.1. The normalized spacial score (nSPS) is 15.0. The number of aryl methyl sites for hydroxylation is 2. The number of halogens is 2. The Labute approximate surface area is 777 Å². The average Bonchev–Trinajstić information content (AvgIpc) is 2.17. The fraction of sp³-hybridized carbons (Fsp3) is 0.196. The molecular formula is C112H102F2O20. The predicted molar refractivity (Wildman–Crippen MR) is 508 cm³/mol. The van der Waals surface area contributed by atoms with Gasteiger partial charge in [-0.25, -0.2) is 56.7 Å². The highest BCUT2D eigenvalue weighted by Gasteiger charge is 2.34. The topological polar surface area (TPSA) is 263 Å². The number of esters is 10. The van der Waals surface area contributed by atoms with Crippen molar-refractivity contribution >= 4 is 59.7 Å². The van der Waals surface area contributed by atoms with Crippen LogP contribution in [-0.2, 0) is 104 Å². The lowest BCUT2D eigenvalue weighted by Crippen LogP contribution is -2.08. The van der Waals surface area contributed by atoms with Crippen LogP contribution in [-0.4, -0.2) is 59.7 Å². The van der Waals surface area contributed by atoms with Gasteiger partial charge in [0.1, 0.15) is 70.9 Å². The second kappa shape index (κ2) is 45.1. The summed E-state index contributed by atoms with van der Waals surface area (Å²) in [6, 6.07) is 56.0. The Kier molecular flexibility index (Phi) is 33.3. The minimum absolute atomic E-state index is 0.114. The van der Waals surface area contributed by atoms with Crippen LogP contribution >= 0.6 is 0 Å². The van der Waals surface area contributed by atoms with Crippen molar-refractivity contribution in [2.45, 2.75) is 143 Å². The largest absolute Gasteiger partial charge is 0.454 e. The minimum atomic E-state index is -0.610. The first kappa shape index (κ1) is 98.7. The van der Waals surface area contributed by atoms with Crippen LogP contribution in [0.25, 0.3) is 55.6 Å². The van der Waals surface area contributed by atoms with Crippen molar-refractivity contribution in [1.82, 2.24) is 0 Å².